The maximum atomic E-state index is 14.2. The number of benzene rings is 3. The van der Waals surface area contributed by atoms with Gasteiger partial charge in [-0.2, -0.15) is 0 Å². The minimum atomic E-state index is -0.882. The first-order valence-corrected chi connectivity index (χ1v) is 17.8. The van der Waals surface area contributed by atoms with Gasteiger partial charge in [0.25, 0.3) is 5.56 Å². The number of aromatic nitrogens is 1. The van der Waals surface area contributed by atoms with Crippen LogP contribution in [0.1, 0.15) is 43.5 Å². The van der Waals surface area contributed by atoms with Crippen molar-refractivity contribution in [3.8, 4) is 17.2 Å². The van der Waals surface area contributed by atoms with E-state index in [1.165, 1.54) is 23.0 Å². The molecule has 1 aromatic heterocycles. The number of carbonyl (C=O) groups is 2. The zero-order valence-electron chi connectivity index (χ0n) is 26.9. The predicted octanol–water partition coefficient (Wildman–Crippen LogP) is 6.51. The smallest absolute Gasteiger partial charge is 0.343 e. The average molecular weight is 835 g/mol. The fourth-order valence-corrected chi connectivity index (χ4v) is 7.83. The van der Waals surface area contributed by atoms with Gasteiger partial charge >= 0.3 is 11.9 Å². The Morgan fingerprint density at radius 2 is 1.76 bits per heavy atom. The van der Waals surface area contributed by atoms with E-state index in [1.54, 1.807) is 44.2 Å². The van der Waals surface area contributed by atoms with Gasteiger partial charge in [-0.3, -0.25) is 9.36 Å². The summed E-state index contributed by atoms with van der Waals surface area (Å²) >= 11 is 14.5. The third kappa shape index (κ3) is 8.29. The molecule has 49 heavy (non-hydrogen) atoms. The minimum Gasteiger partial charge on any atom is -0.490 e. The second-order valence-electron chi connectivity index (χ2n) is 10.5. The number of rotatable bonds is 12. The fraction of sp³-hybridized carbons (Fsp3) is 0.257. The van der Waals surface area contributed by atoms with Crippen molar-refractivity contribution < 1.29 is 33.3 Å². The van der Waals surface area contributed by atoms with Gasteiger partial charge in [-0.05, 0) is 112 Å². The van der Waals surface area contributed by atoms with Crippen LogP contribution >= 0.6 is 54.8 Å². The molecule has 0 bridgehead atoms. The molecule has 0 aliphatic carbocycles. The Labute approximate surface area is 307 Å². The molecular weight excluding hydrogens is 804 g/mol. The average Bonchev–Trinajstić information content (AvgIpc) is 3.36. The largest absolute Gasteiger partial charge is 0.490 e. The first-order chi connectivity index (χ1) is 23.5. The van der Waals surface area contributed by atoms with E-state index in [-0.39, 0.29) is 24.3 Å². The van der Waals surface area contributed by atoms with Crippen LogP contribution in [0.15, 0.2) is 84.6 Å². The molecule has 1 atom stereocenters. The molecule has 256 valence electrons. The number of hydrogen-bond donors (Lipinski definition) is 0. The Morgan fingerprint density at radius 1 is 1.00 bits per heavy atom. The molecule has 14 heteroatoms. The van der Waals surface area contributed by atoms with Crippen LogP contribution in [0.3, 0.4) is 0 Å². The summed E-state index contributed by atoms with van der Waals surface area (Å²) in [4.78, 5) is 44.4. The van der Waals surface area contributed by atoms with Crippen LogP contribution in [0, 0.1) is 0 Å². The Kier molecular flexibility index (Phi) is 12.0. The van der Waals surface area contributed by atoms with Gasteiger partial charge in [0.2, 0.25) is 0 Å². The number of ether oxygens (including phenoxy) is 5. The van der Waals surface area contributed by atoms with Crippen molar-refractivity contribution in [3.63, 3.8) is 0 Å². The van der Waals surface area contributed by atoms with E-state index in [1.807, 2.05) is 37.3 Å². The molecule has 5 rings (SSSR count). The monoisotopic (exact) mass is 832 g/mol. The number of carbonyl (C=O) groups excluding carboxylic acids is 2. The highest BCUT2D eigenvalue weighted by Gasteiger charge is 2.34. The lowest BCUT2D eigenvalue weighted by Crippen LogP contribution is -2.40. The molecule has 0 saturated heterocycles. The van der Waals surface area contributed by atoms with Crippen LogP contribution in [0.4, 0.5) is 0 Å². The van der Waals surface area contributed by atoms with Crippen molar-refractivity contribution in [2.24, 2.45) is 4.99 Å². The van der Waals surface area contributed by atoms with Gasteiger partial charge in [0, 0.05) is 5.02 Å². The van der Waals surface area contributed by atoms with Crippen LogP contribution < -0.4 is 29.1 Å². The molecule has 0 spiro atoms. The molecule has 1 aliphatic heterocycles. The summed E-state index contributed by atoms with van der Waals surface area (Å²) in [6.07, 6.45) is 1.76. The third-order valence-corrected chi connectivity index (χ3v) is 9.66. The van der Waals surface area contributed by atoms with Crippen LogP contribution in [0.25, 0.3) is 6.08 Å². The second kappa shape index (κ2) is 16.2. The molecule has 3 aromatic carbocycles. The Bertz CT molecular complexity index is 2110. The van der Waals surface area contributed by atoms with Crippen molar-refractivity contribution in [2.45, 2.75) is 33.4 Å². The molecule has 10 nitrogen and oxygen atoms in total. The van der Waals surface area contributed by atoms with E-state index in [0.29, 0.717) is 65.0 Å². The van der Waals surface area contributed by atoms with E-state index in [2.05, 4.69) is 41.6 Å². The van der Waals surface area contributed by atoms with Gasteiger partial charge in [-0.1, -0.05) is 41.1 Å². The van der Waals surface area contributed by atoms with Gasteiger partial charge in [0.05, 0.1) is 51.1 Å². The summed E-state index contributed by atoms with van der Waals surface area (Å²) in [5, 5.41) is 0.624. The highest BCUT2D eigenvalue weighted by molar-refractivity contribution is 9.11. The zero-order chi connectivity index (χ0) is 35.2. The van der Waals surface area contributed by atoms with Crippen molar-refractivity contribution in [3.05, 3.63) is 116 Å². The van der Waals surface area contributed by atoms with Gasteiger partial charge in [0.1, 0.15) is 12.4 Å². The highest BCUT2D eigenvalue weighted by atomic mass is 79.9. The quantitative estimate of drug-likeness (QED) is 0.149. The Balaban J connectivity index is 1.57. The van der Waals surface area contributed by atoms with Crippen LogP contribution in [0.2, 0.25) is 5.02 Å². The summed E-state index contributed by atoms with van der Waals surface area (Å²) in [7, 11) is 1.27. The predicted molar refractivity (Wildman–Crippen MR) is 193 cm³/mol. The van der Waals surface area contributed by atoms with Crippen LogP contribution in [0.5, 0.6) is 17.2 Å². The maximum absolute atomic E-state index is 14.2. The van der Waals surface area contributed by atoms with E-state index >= 15 is 0 Å². The summed E-state index contributed by atoms with van der Waals surface area (Å²) in [5.74, 6) is 0.0837. The minimum absolute atomic E-state index is 0.139. The van der Waals surface area contributed by atoms with Gasteiger partial charge in [-0.15, -0.1) is 0 Å². The number of methoxy groups -OCH3 is 1. The summed E-state index contributed by atoms with van der Waals surface area (Å²) < 4.78 is 30.9. The van der Waals surface area contributed by atoms with Crippen molar-refractivity contribution in [1.29, 1.82) is 0 Å². The van der Waals surface area contributed by atoms with Crippen molar-refractivity contribution in [1.82, 2.24) is 4.57 Å². The van der Waals surface area contributed by atoms with E-state index in [4.69, 9.17) is 30.5 Å². The van der Waals surface area contributed by atoms with Crippen LogP contribution in [-0.4, -0.2) is 43.4 Å². The third-order valence-electron chi connectivity index (χ3n) is 7.26. The number of nitrogens with zero attached hydrogens (tertiary/aromatic N) is 2. The number of thiazole rings is 1. The SMILES string of the molecule is CCOC(=O)C1=C(C)N=c2s/c(=C/c3cc(Br)c(OCc4cccc(Cl)c4)c(Br)c3)c(=O)n2[C@@H]1c1ccc(OCC(=O)OC)c(OCC)c1. The molecule has 0 amide bonds. The lowest BCUT2D eigenvalue weighted by atomic mass is 9.95. The van der Waals surface area contributed by atoms with Crippen molar-refractivity contribution >= 4 is 72.8 Å². The van der Waals surface area contributed by atoms with E-state index in [0.717, 1.165) is 11.1 Å². The van der Waals surface area contributed by atoms with E-state index in [9.17, 15) is 14.4 Å². The van der Waals surface area contributed by atoms with Gasteiger partial charge in [-0.25, -0.2) is 14.6 Å². The molecule has 0 radical (unpaired) electrons. The maximum Gasteiger partial charge on any atom is 0.343 e. The van der Waals surface area contributed by atoms with Gasteiger partial charge < -0.3 is 23.7 Å². The number of halogens is 3. The van der Waals surface area contributed by atoms with Crippen LogP contribution in [-0.2, 0) is 25.7 Å². The van der Waals surface area contributed by atoms with Gasteiger partial charge in [0.15, 0.2) is 22.9 Å². The van der Waals surface area contributed by atoms with E-state index < -0.39 is 18.0 Å². The van der Waals surface area contributed by atoms with Crippen molar-refractivity contribution in [2.75, 3.05) is 26.9 Å². The first kappa shape index (κ1) is 36.4. The fourth-order valence-electron chi connectivity index (χ4n) is 5.12. The summed E-state index contributed by atoms with van der Waals surface area (Å²) in [6.45, 7) is 5.66. The Hall–Kier alpha value is -3.91. The lowest BCUT2D eigenvalue weighted by Gasteiger charge is -2.25. The molecule has 0 fully saturated rings. The zero-order valence-corrected chi connectivity index (χ0v) is 31.6. The first-order valence-electron chi connectivity index (χ1n) is 15.1. The molecule has 1 aliphatic rings. The normalized spacial score (nSPS) is 14.2. The highest BCUT2D eigenvalue weighted by Crippen LogP contribution is 2.37. The number of hydrogen-bond acceptors (Lipinski definition) is 10. The summed E-state index contributed by atoms with van der Waals surface area (Å²) in [6, 6.07) is 15.3. The molecule has 4 aromatic rings. The topological polar surface area (TPSA) is 115 Å². The Morgan fingerprint density at radius 3 is 2.43 bits per heavy atom. The summed E-state index contributed by atoms with van der Waals surface area (Å²) in [5.41, 5.74) is 2.50. The molecule has 0 N–H and O–H groups in total. The molecule has 0 unspecified atom stereocenters. The number of esters is 2. The number of fused-ring (bicyclic) bond motifs is 1. The standard InChI is InChI=1S/C35H31Br2ClN2O8S/c1-5-45-27-16-22(10-11-26(27)47-18-29(41)44-4)31-30(34(43)46-6-2)19(3)39-35-40(31)33(42)28(49-35)15-21-13-24(36)32(25(37)14-21)48-17-20-8-7-9-23(38)12-20/h7-16,31H,5-6,17-18H2,1-4H3/b28-15+/t31-/m1/s1. The lowest BCUT2D eigenvalue weighted by molar-refractivity contribution is -0.143. The molecule has 2 heterocycles. The number of allylic oxidation sites excluding steroid dienone is 1. The second-order valence-corrected chi connectivity index (χ2v) is 13.7. The molecule has 0 saturated carbocycles. The molecular formula is C35H31Br2ClN2O8S.